The number of aromatic nitrogens is 4. The van der Waals surface area contributed by atoms with Gasteiger partial charge in [0.1, 0.15) is 18.7 Å². The van der Waals surface area contributed by atoms with Crippen LogP contribution in [0.3, 0.4) is 0 Å². The Hall–Kier alpha value is -3.32. The van der Waals surface area contributed by atoms with Gasteiger partial charge in [0, 0.05) is 12.4 Å². The molecule has 0 aliphatic heterocycles. The highest BCUT2D eigenvalue weighted by molar-refractivity contribution is 7.87. The molecule has 0 aromatic carbocycles. The van der Waals surface area contributed by atoms with Crippen LogP contribution >= 0.6 is 0 Å². The summed E-state index contributed by atoms with van der Waals surface area (Å²) in [6.07, 6.45) is 31.5. The number of carbonyl (C=O) groups excluding carboxylic acids is 2. The van der Waals surface area contributed by atoms with Crippen molar-refractivity contribution in [1.29, 1.82) is 0 Å². The van der Waals surface area contributed by atoms with Crippen LogP contribution in [0.15, 0.2) is 37.4 Å². The Morgan fingerprint density at radius 1 is 0.648 bits per heavy atom. The predicted octanol–water partition coefficient (Wildman–Crippen LogP) is 13.6. The number of fused-ring (bicyclic) bond motifs is 10. The van der Waals surface area contributed by atoms with Gasteiger partial charge in [-0.1, -0.05) is 94.9 Å². The predicted molar refractivity (Wildman–Crippen MR) is 316 cm³/mol. The van der Waals surface area contributed by atoms with Crippen LogP contribution < -0.4 is 4.57 Å². The molecule has 2 heterocycles. The van der Waals surface area contributed by atoms with E-state index < -0.39 is 31.3 Å². The van der Waals surface area contributed by atoms with Gasteiger partial charge >= 0.3 is 33.3 Å². The van der Waals surface area contributed by atoms with Crippen molar-refractivity contribution in [1.82, 2.24) is 14.1 Å². The molecule has 16 nitrogen and oxygen atoms in total. The summed E-state index contributed by atoms with van der Waals surface area (Å²) in [4.78, 5) is 28.5. The monoisotopic (exact) mass is 1300 g/mol. The normalized spacial score (nSPS) is 39.2. The minimum atomic E-state index is -6.09. The highest BCUT2D eigenvalue weighted by atomic mass is 32.2. The van der Waals surface area contributed by atoms with Gasteiger partial charge in [-0.25, -0.2) is 27.3 Å². The van der Waals surface area contributed by atoms with Gasteiger partial charge in [-0.2, -0.15) is 39.6 Å². The minimum absolute atomic E-state index is 0.133. The number of alkyl halides is 6. The number of ether oxygens (including phenoxy) is 2. The van der Waals surface area contributed by atoms with Crippen molar-refractivity contribution in [3.05, 3.63) is 37.4 Å². The number of imidazole rings is 2. The Labute approximate surface area is 519 Å². The summed E-state index contributed by atoms with van der Waals surface area (Å²) in [6.45, 7) is 25.5. The van der Waals surface area contributed by atoms with Gasteiger partial charge in [0.25, 0.3) is 6.33 Å². The second-order valence-corrected chi connectivity index (χ2v) is 32.4. The first-order valence-electron chi connectivity index (χ1n) is 32.5. The highest BCUT2D eigenvalue weighted by Crippen LogP contribution is 2.72. The van der Waals surface area contributed by atoms with Crippen LogP contribution in [0.2, 0.25) is 0 Å². The third kappa shape index (κ3) is 14.4. The molecule has 2 N–H and O–H groups in total. The smallest absolute Gasteiger partial charge is 0.523 e. The second-order valence-electron chi connectivity index (χ2n) is 29.3. The molecule has 0 bridgehead atoms. The van der Waals surface area contributed by atoms with E-state index in [-0.39, 0.29) is 24.4 Å². The van der Waals surface area contributed by atoms with Crippen LogP contribution in [0.25, 0.3) is 0 Å². The fourth-order valence-corrected chi connectivity index (χ4v) is 20.7. The number of rotatable bonds is 11. The number of hydrogen-bond donors (Lipinski definition) is 2. The van der Waals surface area contributed by atoms with Gasteiger partial charge in [-0.05, 0) is 206 Å². The summed E-state index contributed by atoms with van der Waals surface area (Å²) in [5.74, 6) is 9.81. The average Bonchev–Trinajstić information content (AvgIpc) is 1.59. The van der Waals surface area contributed by atoms with Crippen LogP contribution in [0, 0.1) is 116 Å². The molecule has 0 saturated heterocycles. The third-order valence-corrected chi connectivity index (χ3v) is 26.5. The van der Waals surface area contributed by atoms with Gasteiger partial charge in [0.2, 0.25) is 0 Å². The molecule has 10 rings (SSSR count). The van der Waals surface area contributed by atoms with Gasteiger partial charge in [-0.15, -0.1) is 4.57 Å². The molecule has 8 saturated carbocycles. The number of halogens is 6. The third-order valence-electron chi connectivity index (χ3n) is 25.0. The molecule has 2 aromatic rings. The van der Waals surface area contributed by atoms with E-state index in [2.05, 4.69) is 78.4 Å². The van der Waals surface area contributed by atoms with E-state index in [9.17, 15) is 54.6 Å². The van der Waals surface area contributed by atoms with Crippen molar-refractivity contribution in [3.63, 3.8) is 0 Å². The van der Waals surface area contributed by atoms with E-state index >= 15 is 0 Å². The molecule has 8 aliphatic carbocycles. The first kappa shape index (κ1) is 72.1. The number of hydrogen-bond acceptors (Lipinski definition) is 13. The Balaban J connectivity index is 0.000000199. The van der Waals surface area contributed by atoms with Gasteiger partial charge in [0.15, 0.2) is 10.1 Å². The average molecular weight is 1300 g/mol. The minimum Gasteiger partial charge on any atom is -0.741 e. The second kappa shape index (κ2) is 27.7. The molecule has 8 fully saturated rings. The number of carbonyl (C=O) groups is 2. The molecule has 0 spiro atoms. The Morgan fingerprint density at radius 2 is 1.05 bits per heavy atom. The Bertz CT molecular complexity index is 2880. The molecular weight excluding hydrogens is 1190 g/mol. The summed E-state index contributed by atoms with van der Waals surface area (Å²) in [7, 11) is -9.08. The zero-order chi connectivity index (χ0) is 65.5. The number of aliphatic hydroxyl groups excluding tert-OH is 2. The van der Waals surface area contributed by atoms with Gasteiger partial charge in [-0.3, -0.25) is 4.18 Å². The van der Waals surface area contributed by atoms with E-state index in [1.807, 2.05) is 17.8 Å². The van der Waals surface area contributed by atoms with Gasteiger partial charge in [0.05, 0.1) is 39.6 Å². The molecule has 0 amide bonds. The van der Waals surface area contributed by atoms with E-state index in [0.29, 0.717) is 125 Å². The molecule has 22 atom stereocenters. The molecule has 8 aliphatic rings. The van der Waals surface area contributed by atoms with Crippen LogP contribution in [-0.2, 0) is 40.9 Å². The summed E-state index contributed by atoms with van der Waals surface area (Å²) < 4.78 is 131. The van der Waals surface area contributed by atoms with E-state index in [1.54, 1.807) is 24.9 Å². The maximum absolute atomic E-state index is 12.4. The summed E-state index contributed by atoms with van der Waals surface area (Å²) in [5.41, 5.74) is -9.55. The van der Waals surface area contributed by atoms with Crippen molar-refractivity contribution in [2.24, 2.45) is 123 Å². The number of aliphatic hydroxyl groups is 2. The van der Waals surface area contributed by atoms with Crippen LogP contribution in [0.5, 0.6) is 0 Å². The molecule has 504 valence electrons. The van der Waals surface area contributed by atoms with Crippen LogP contribution in [-0.4, -0.2) is 101 Å². The molecule has 0 unspecified atom stereocenters. The van der Waals surface area contributed by atoms with Crippen molar-refractivity contribution >= 4 is 32.4 Å². The fraction of sp³-hybridized carbons (Fsp3) is 0.875. The summed E-state index contributed by atoms with van der Waals surface area (Å²) >= 11 is 0. The lowest BCUT2D eigenvalue weighted by Gasteiger charge is -2.65. The topological polar surface area (TPSA) is 220 Å². The lowest BCUT2D eigenvalue weighted by Crippen LogP contribution is -2.61. The molecule has 2 aromatic heterocycles. The molecule has 24 heteroatoms. The first-order valence-corrected chi connectivity index (χ1v) is 35.3. The van der Waals surface area contributed by atoms with Crippen molar-refractivity contribution in [2.75, 3.05) is 20.3 Å². The van der Waals surface area contributed by atoms with Crippen LogP contribution in [0.4, 0.5) is 35.9 Å². The zero-order valence-electron chi connectivity index (χ0n) is 53.8. The number of aryl methyl sites for hydroxylation is 1. The summed E-state index contributed by atoms with van der Waals surface area (Å²) in [5, 5.41) is 23.9. The Kier molecular flexibility index (Phi) is 22.7. The fourth-order valence-electron chi connectivity index (χ4n) is 20.5. The van der Waals surface area contributed by atoms with E-state index in [0.717, 1.165) is 37.5 Å². The van der Waals surface area contributed by atoms with Crippen molar-refractivity contribution < 1.29 is 85.8 Å². The quantitative estimate of drug-likeness (QED) is 0.0704. The SMILES string of the molecule is CC[C@H]1[C@@H](O)[C@@H]2[C@H](CC[C@]3(C)[C@@H]([C@H](C)CCOC(=O)n4cc[n+](C)c4)CC[C@@H]23)[C@@]2(C)CC[C@@H](C)C[C@@H]12.CC[C@H]1[C@@H](O)[C@@H]2[C@H](CC[C@]3(C)[C@@H]([C@H](C)CCOC(=O)n4ccnc4)CC[C@@H]23)[C@@]2(C)CC[C@@H](C)C[C@@H]12.COS(=O)(=O)C(F)(F)F.O=S(=O)([O-])C(F)(F)F. The van der Waals surface area contributed by atoms with E-state index in [4.69, 9.17) is 22.4 Å². The van der Waals surface area contributed by atoms with Crippen molar-refractivity contribution in [3.8, 4) is 0 Å². The molecular formula is C64H102F6N4O12S2. The lowest BCUT2D eigenvalue weighted by atomic mass is 9.41. The van der Waals surface area contributed by atoms with Crippen molar-refractivity contribution in [2.45, 2.75) is 208 Å². The molecule has 88 heavy (non-hydrogen) atoms. The number of nitrogens with zero attached hydrogens (tertiary/aromatic N) is 4. The van der Waals surface area contributed by atoms with Gasteiger partial charge < -0.3 is 24.2 Å². The summed E-state index contributed by atoms with van der Waals surface area (Å²) in [6, 6.07) is 0. The van der Waals surface area contributed by atoms with E-state index in [1.165, 1.54) is 105 Å². The molecule has 0 radical (unpaired) electrons. The van der Waals surface area contributed by atoms with Crippen LogP contribution in [0.1, 0.15) is 185 Å². The zero-order valence-corrected chi connectivity index (χ0v) is 55.5. The first-order chi connectivity index (χ1) is 40.9. The largest absolute Gasteiger partial charge is 0.741 e. The standard InChI is InChI=1S/C31H51N2O3.C30H48N2O3.C2H3F3O3S.CHF3O3S/c1-7-22-26-18-20(2)10-13-31(26,5)25-11-14-30(4)23(8-9-24(30)27(25)28(22)34)21(3)12-17-36-29(35)33-16-15-32(6)19-33;1-6-21-25-17-19(2)9-12-30(25,5)24-10-13-29(4)22(7-8-23(29)26(24)27(21)33)20(3)11-16-35-28(34)32-15-14-31-18-32;1-8-9(6,7)2(3,4)5;2-1(3,4)8(5,6)7/h15-16,19-28,34H,7-14,17-18H2,1-6H3;14-15,18-27,33H,6-13,16-17H2,1-5H3;1H3;(H,5,6,7)/q+1;;;/p-1/t20-,21-,22-,23-,24+,25+,26+,27+,28-,30-,31-;19-,20-,21-,22-,23+,24+,25+,26+,27-,29-,30-;;/m11../s1. The Morgan fingerprint density at radius 3 is 1.38 bits per heavy atom. The maximum Gasteiger partial charge on any atom is 0.523 e. The highest BCUT2D eigenvalue weighted by Gasteiger charge is 2.67. The maximum atomic E-state index is 12.4. The lowest BCUT2D eigenvalue weighted by molar-refractivity contribution is -0.670.